The van der Waals surface area contributed by atoms with Gasteiger partial charge in [-0.25, -0.2) is 14.8 Å². The van der Waals surface area contributed by atoms with Crippen LogP contribution >= 0.6 is 0 Å². The number of ether oxygens (including phenoxy) is 2. The van der Waals surface area contributed by atoms with Crippen molar-refractivity contribution in [3.05, 3.63) is 17.5 Å². The van der Waals surface area contributed by atoms with Crippen molar-refractivity contribution < 1.29 is 14.3 Å². The molecule has 1 aromatic rings. The molecule has 1 saturated carbocycles. The lowest BCUT2D eigenvalue weighted by Gasteiger charge is -2.28. The van der Waals surface area contributed by atoms with E-state index in [-0.39, 0.29) is 5.97 Å². The monoisotopic (exact) mass is 293 g/mol. The molecule has 1 aliphatic carbocycles. The van der Waals surface area contributed by atoms with Crippen molar-refractivity contribution in [3.63, 3.8) is 0 Å². The third kappa shape index (κ3) is 4.14. The Morgan fingerprint density at radius 1 is 1.38 bits per heavy atom. The lowest BCUT2D eigenvalue weighted by molar-refractivity contribution is 0.0524. The van der Waals surface area contributed by atoms with E-state index in [1.165, 1.54) is 6.20 Å². The average molecular weight is 293 g/mol. The zero-order valence-electron chi connectivity index (χ0n) is 12.9. The summed E-state index contributed by atoms with van der Waals surface area (Å²) >= 11 is 0. The predicted molar refractivity (Wildman–Crippen MR) is 79.4 cm³/mol. The van der Waals surface area contributed by atoms with Crippen LogP contribution in [0.2, 0.25) is 0 Å². The SMILES string of the molecule is CCOC(=O)c1cnc(N[C@H]2CC[C@H](OC)CC2)nc1C. The Morgan fingerprint density at radius 2 is 2.10 bits per heavy atom. The summed E-state index contributed by atoms with van der Waals surface area (Å²) in [5.41, 5.74) is 1.06. The Labute approximate surface area is 125 Å². The Bertz CT molecular complexity index is 485. The second-order valence-electron chi connectivity index (χ2n) is 5.27. The highest BCUT2D eigenvalue weighted by molar-refractivity contribution is 5.90. The molecule has 1 aliphatic rings. The topological polar surface area (TPSA) is 73.3 Å². The molecule has 6 heteroatoms. The number of anilines is 1. The smallest absolute Gasteiger partial charge is 0.341 e. The van der Waals surface area contributed by atoms with Gasteiger partial charge in [0.15, 0.2) is 0 Å². The molecule has 0 spiro atoms. The Kier molecular flexibility index (Phi) is 5.50. The third-order valence-corrected chi connectivity index (χ3v) is 3.82. The summed E-state index contributed by atoms with van der Waals surface area (Å²) in [6.45, 7) is 3.92. The van der Waals surface area contributed by atoms with Crippen molar-refractivity contribution in [1.29, 1.82) is 0 Å². The molecule has 21 heavy (non-hydrogen) atoms. The molecule has 0 radical (unpaired) electrons. The van der Waals surface area contributed by atoms with E-state index < -0.39 is 0 Å². The maximum Gasteiger partial charge on any atom is 0.341 e. The van der Waals surface area contributed by atoms with Crippen molar-refractivity contribution >= 4 is 11.9 Å². The van der Waals surface area contributed by atoms with Gasteiger partial charge in [-0.05, 0) is 39.5 Å². The van der Waals surface area contributed by atoms with Crippen molar-refractivity contribution in [2.45, 2.75) is 51.7 Å². The van der Waals surface area contributed by atoms with E-state index in [2.05, 4.69) is 15.3 Å². The van der Waals surface area contributed by atoms with Crippen LogP contribution in [0.1, 0.15) is 48.7 Å². The molecular weight excluding hydrogens is 270 g/mol. The summed E-state index contributed by atoms with van der Waals surface area (Å²) in [5, 5.41) is 3.33. The minimum absolute atomic E-state index is 0.348. The normalized spacial score (nSPS) is 21.9. The molecule has 0 aromatic carbocycles. The zero-order chi connectivity index (χ0) is 15.2. The van der Waals surface area contributed by atoms with Crippen LogP contribution in [0.4, 0.5) is 5.95 Å². The quantitative estimate of drug-likeness (QED) is 0.840. The first-order valence-electron chi connectivity index (χ1n) is 7.44. The van der Waals surface area contributed by atoms with Gasteiger partial charge < -0.3 is 14.8 Å². The number of nitrogens with zero attached hydrogens (tertiary/aromatic N) is 2. The summed E-state index contributed by atoms with van der Waals surface area (Å²) in [5.74, 6) is 0.198. The number of esters is 1. The summed E-state index contributed by atoms with van der Waals surface area (Å²) in [7, 11) is 1.76. The molecule has 0 bridgehead atoms. The fraction of sp³-hybridized carbons (Fsp3) is 0.667. The van der Waals surface area contributed by atoms with E-state index in [4.69, 9.17) is 9.47 Å². The number of aryl methyl sites for hydroxylation is 1. The second kappa shape index (κ2) is 7.36. The molecule has 0 atom stereocenters. The van der Waals surface area contributed by atoms with Crippen molar-refractivity contribution in [3.8, 4) is 0 Å². The molecule has 0 saturated heterocycles. The lowest BCUT2D eigenvalue weighted by atomic mass is 9.93. The molecule has 116 valence electrons. The molecule has 0 amide bonds. The first kappa shape index (κ1) is 15.7. The lowest BCUT2D eigenvalue weighted by Crippen LogP contribution is -2.30. The van der Waals surface area contributed by atoms with Gasteiger partial charge in [0.1, 0.15) is 0 Å². The largest absolute Gasteiger partial charge is 0.462 e. The number of carbonyl (C=O) groups is 1. The third-order valence-electron chi connectivity index (χ3n) is 3.82. The highest BCUT2D eigenvalue weighted by Gasteiger charge is 2.21. The number of hydrogen-bond donors (Lipinski definition) is 1. The maximum atomic E-state index is 11.7. The summed E-state index contributed by atoms with van der Waals surface area (Å²) < 4.78 is 10.3. The second-order valence-corrected chi connectivity index (χ2v) is 5.27. The predicted octanol–water partition coefficient (Wildman–Crippen LogP) is 2.33. The molecule has 6 nitrogen and oxygen atoms in total. The molecule has 1 heterocycles. The van der Waals surface area contributed by atoms with Crippen LogP contribution in [0.5, 0.6) is 0 Å². The van der Waals surface area contributed by atoms with Crippen LogP contribution in [0, 0.1) is 6.92 Å². The van der Waals surface area contributed by atoms with E-state index in [1.54, 1.807) is 21.0 Å². The molecule has 2 rings (SSSR count). The standard InChI is InChI=1S/C15H23N3O3/c1-4-21-14(19)13-9-16-15(17-10(13)2)18-11-5-7-12(20-3)8-6-11/h9,11-12H,4-8H2,1-3H3,(H,16,17,18)/t11-,12-. The van der Waals surface area contributed by atoms with Crippen LogP contribution in [0.25, 0.3) is 0 Å². The van der Waals surface area contributed by atoms with Crippen LogP contribution in [-0.2, 0) is 9.47 Å². The molecule has 0 unspecified atom stereocenters. The van der Waals surface area contributed by atoms with E-state index >= 15 is 0 Å². The zero-order valence-corrected chi connectivity index (χ0v) is 12.9. The van der Waals surface area contributed by atoms with E-state index in [0.717, 1.165) is 25.7 Å². The van der Waals surface area contributed by atoms with Crippen molar-refractivity contribution in [2.75, 3.05) is 19.0 Å². The summed E-state index contributed by atoms with van der Waals surface area (Å²) in [4.78, 5) is 20.3. The van der Waals surface area contributed by atoms with Crippen LogP contribution < -0.4 is 5.32 Å². The van der Waals surface area contributed by atoms with E-state index in [9.17, 15) is 4.79 Å². The number of carbonyl (C=O) groups excluding carboxylic acids is 1. The van der Waals surface area contributed by atoms with Gasteiger partial charge in [0.25, 0.3) is 0 Å². The summed E-state index contributed by atoms with van der Waals surface area (Å²) in [6, 6.07) is 0.365. The Hall–Kier alpha value is -1.69. The Balaban J connectivity index is 1.96. The fourth-order valence-electron chi connectivity index (χ4n) is 2.57. The molecular formula is C15H23N3O3. The van der Waals surface area contributed by atoms with Crippen molar-refractivity contribution in [2.24, 2.45) is 0 Å². The highest BCUT2D eigenvalue weighted by Crippen LogP contribution is 2.23. The minimum Gasteiger partial charge on any atom is -0.462 e. The first-order valence-corrected chi connectivity index (χ1v) is 7.44. The van der Waals surface area contributed by atoms with E-state index in [0.29, 0.717) is 36.0 Å². The van der Waals surface area contributed by atoms with Crippen LogP contribution in [0.3, 0.4) is 0 Å². The van der Waals surface area contributed by atoms with Gasteiger partial charge in [0.05, 0.1) is 24.0 Å². The molecule has 1 fully saturated rings. The van der Waals surface area contributed by atoms with Gasteiger partial charge in [-0.2, -0.15) is 0 Å². The fourth-order valence-corrected chi connectivity index (χ4v) is 2.57. The van der Waals surface area contributed by atoms with Gasteiger partial charge in [0.2, 0.25) is 5.95 Å². The van der Waals surface area contributed by atoms with Gasteiger partial charge in [0, 0.05) is 19.3 Å². The van der Waals surface area contributed by atoms with E-state index in [1.807, 2.05) is 0 Å². The minimum atomic E-state index is -0.373. The highest BCUT2D eigenvalue weighted by atomic mass is 16.5. The van der Waals surface area contributed by atoms with Crippen LogP contribution in [0.15, 0.2) is 6.20 Å². The molecule has 1 N–H and O–H groups in total. The number of nitrogens with one attached hydrogen (secondary N) is 1. The van der Waals surface area contributed by atoms with Gasteiger partial charge in [-0.15, -0.1) is 0 Å². The first-order chi connectivity index (χ1) is 10.1. The number of methoxy groups -OCH3 is 1. The number of aromatic nitrogens is 2. The summed E-state index contributed by atoms with van der Waals surface area (Å²) in [6.07, 6.45) is 6.09. The van der Waals surface area contributed by atoms with Gasteiger partial charge in [-0.1, -0.05) is 0 Å². The maximum absolute atomic E-state index is 11.7. The Morgan fingerprint density at radius 3 is 2.67 bits per heavy atom. The number of rotatable bonds is 5. The molecule has 0 aliphatic heterocycles. The van der Waals surface area contributed by atoms with Crippen LogP contribution in [-0.4, -0.2) is 41.8 Å². The number of hydrogen-bond acceptors (Lipinski definition) is 6. The van der Waals surface area contributed by atoms with Gasteiger partial charge >= 0.3 is 5.97 Å². The molecule has 1 aromatic heterocycles. The van der Waals surface area contributed by atoms with Crippen molar-refractivity contribution in [1.82, 2.24) is 9.97 Å². The average Bonchev–Trinajstić information content (AvgIpc) is 2.48. The van der Waals surface area contributed by atoms with Gasteiger partial charge in [-0.3, -0.25) is 0 Å².